The molecular formula is C17H21ClF3N5. The van der Waals surface area contributed by atoms with Gasteiger partial charge < -0.3 is 15.5 Å². The Morgan fingerprint density at radius 2 is 1.81 bits per heavy atom. The molecule has 9 heteroatoms. The topological polar surface area (TPSA) is 53.1 Å². The zero-order valence-corrected chi connectivity index (χ0v) is 15.5. The van der Waals surface area contributed by atoms with E-state index in [1.54, 1.807) is 13.0 Å². The number of aromatic nitrogens is 2. The first kappa shape index (κ1) is 20.3. The maximum atomic E-state index is 12.9. The summed E-state index contributed by atoms with van der Waals surface area (Å²) in [5.74, 6) is 1.46. The van der Waals surface area contributed by atoms with E-state index >= 15 is 0 Å². The summed E-state index contributed by atoms with van der Waals surface area (Å²) in [4.78, 5) is 10.6. The maximum Gasteiger partial charge on any atom is 0.416 e. The van der Waals surface area contributed by atoms with Crippen LogP contribution in [-0.2, 0) is 6.18 Å². The molecule has 1 aromatic carbocycles. The first-order valence-corrected chi connectivity index (χ1v) is 8.41. The monoisotopic (exact) mass is 387 g/mol. The number of rotatable bonds is 7. The number of anilines is 3. The van der Waals surface area contributed by atoms with Gasteiger partial charge in [-0.25, -0.2) is 9.97 Å². The Morgan fingerprint density at radius 3 is 2.46 bits per heavy atom. The number of hydrogen-bond acceptors (Lipinski definition) is 5. The Kier molecular flexibility index (Phi) is 6.66. The van der Waals surface area contributed by atoms with E-state index in [0.29, 0.717) is 17.5 Å². The summed E-state index contributed by atoms with van der Waals surface area (Å²) < 4.78 is 38.7. The molecule has 2 N–H and O–H groups in total. The maximum absolute atomic E-state index is 12.9. The van der Waals surface area contributed by atoms with Crippen LogP contribution < -0.4 is 10.6 Å². The minimum atomic E-state index is -4.44. The number of aryl methyl sites for hydroxylation is 1. The van der Waals surface area contributed by atoms with Crippen molar-refractivity contribution in [1.82, 2.24) is 14.9 Å². The van der Waals surface area contributed by atoms with Crippen molar-refractivity contribution in [1.29, 1.82) is 0 Å². The van der Waals surface area contributed by atoms with Crippen molar-refractivity contribution in [2.24, 2.45) is 0 Å². The Morgan fingerprint density at radius 1 is 1.12 bits per heavy atom. The van der Waals surface area contributed by atoms with E-state index in [1.807, 2.05) is 14.1 Å². The fourth-order valence-electron chi connectivity index (χ4n) is 2.27. The quantitative estimate of drug-likeness (QED) is 0.682. The molecule has 0 atom stereocenters. The highest BCUT2D eigenvalue weighted by Gasteiger charge is 2.31. The molecule has 0 spiro atoms. The van der Waals surface area contributed by atoms with Crippen LogP contribution in [0.15, 0.2) is 24.3 Å². The minimum absolute atomic E-state index is 0.137. The Hall–Kier alpha value is -2.06. The summed E-state index contributed by atoms with van der Waals surface area (Å²) in [6.45, 7) is 3.37. The zero-order valence-electron chi connectivity index (χ0n) is 14.8. The average molecular weight is 388 g/mol. The SMILES string of the molecule is Cc1nc(NCCCN(C)C)cc(Nc2cc(C(F)(F)F)ccc2Cl)n1. The van der Waals surface area contributed by atoms with Crippen LogP contribution in [-0.4, -0.2) is 42.1 Å². The van der Waals surface area contributed by atoms with Gasteiger partial charge in [-0.2, -0.15) is 13.2 Å². The van der Waals surface area contributed by atoms with Crippen molar-refractivity contribution in [3.63, 3.8) is 0 Å². The number of halogens is 4. The summed E-state index contributed by atoms with van der Waals surface area (Å²) in [6.07, 6.45) is -3.51. The fourth-order valence-corrected chi connectivity index (χ4v) is 2.43. The summed E-state index contributed by atoms with van der Waals surface area (Å²) in [7, 11) is 3.99. The summed E-state index contributed by atoms with van der Waals surface area (Å²) in [6, 6.07) is 4.75. The predicted octanol–water partition coefficient (Wildman–Crippen LogP) is 4.56. The molecule has 0 aliphatic rings. The molecule has 0 aliphatic carbocycles. The van der Waals surface area contributed by atoms with Crippen LogP contribution in [0.3, 0.4) is 0 Å². The standard InChI is InChI=1S/C17H21ClF3N5/c1-11-23-15(22-7-4-8-26(2)3)10-16(24-11)25-14-9-12(17(19,20)21)5-6-13(14)18/h5-6,9-10H,4,7-8H2,1-3H3,(H2,22,23,24,25). The summed E-state index contributed by atoms with van der Waals surface area (Å²) in [5.41, 5.74) is -0.643. The lowest BCUT2D eigenvalue weighted by Gasteiger charge is -2.14. The van der Waals surface area contributed by atoms with Crippen molar-refractivity contribution >= 4 is 28.9 Å². The third-order valence-corrected chi connectivity index (χ3v) is 3.81. The molecule has 0 amide bonds. The molecule has 0 saturated heterocycles. The van der Waals surface area contributed by atoms with E-state index in [-0.39, 0.29) is 10.7 Å². The van der Waals surface area contributed by atoms with Gasteiger partial charge in [-0.15, -0.1) is 0 Å². The molecule has 0 bridgehead atoms. The van der Waals surface area contributed by atoms with Crippen LogP contribution in [0.25, 0.3) is 0 Å². The Bertz CT molecular complexity index is 750. The second-order valence-electron chi connectivity index (χ2n) is 6.09. The van der Waals surface area contributed by atoms with E-state index in [1.165, 1.54) is 6.07 Å². The van der Waals surface area contributed by atoms with Gasteiger partial charge >= 0.3 is 6.18 Å². The lowest BCUT2D eigenvalue weighted by Crippen LogP contribution is -2.16. The predicted molar refractivity (Wildman–Crippen MR) is 98.2 cm³/mol. The van der Waals surface area contributed by atoms with Crippen LogP contribution in [0.5, 0.6) is 0 Å². The largest absolute Gasteiger partial charge is 0.416 e. The van der Waals surface area contributed by atoms with Gasteiger partial charge in [-0.3, -0.25) is 0 Å². The molecule has 1 heterocycles. The molecule has 0 radical (unpaired) electrons. The molecule has 5 nitrogen and oxygen atoms in total. The van der Waals surface area contributed by atoms with E-state index in [9.17, 15) is 13.2 Å². The normalized spacial score (nSPS) is 11.7. The van der Waals surface area contributed by atoms with Gasteiger partial charge in [-0.05, 0) is 52.2 Å². The van der Waals surface area contributed by atoms with Gasteiger partial charge in [0, 0.05) is 12.6 Å². The number of benzene rings is 1. The second-order valence-corrected chi connectivity index (χ2v) is 6.49. The first-order chi connectivity index (χ1) is 12.1. The third kappa shape index (κ3) is 6.03. The fraction of sp³-hybridized carbons (Fsp3) is 0.412. The molecule has 0 aliphatic heterocycles. The first-order valence-electron chi connectivity index (χ1n) is 8.03. The molecule has 0 unspecified atom stereocenters. The van der Waals surface area contributed by atoms with Gasteiger partial charge in [0.2, 0.25) is 0 Å². The smallest absolute Gasteiger partial charge is 0.370 e. The summed E-state index contributed by atoms with van der Waals surface area (Å²) in [5, 5.41) is 6.21. The van der Waals surface area contributed by atoms with Gasteiger partial charge in [0.05, 0.1) is 16.3 Å². The average Bonchev–Trinajstić information content (AvgIpc) is 2.52. The van der Waals surface area contributed by atoms with Crippen LogP contribution in [0.1, 0.15) is 17.8 Å². The van der Waals surface area contributed by atoms with E-state index < -0.39 is 11.7 Å². The molecule has 1 aromatic heterocycles. The number of hydrogen-bond donors (Lipinski definition) is 2. The van der Waals surface area contributed by atoms with Crippen molar-refractivity contribution in [2.45, 2.75) is 19.5 Å². The highest BCUT2D eigenvalue weighted by Crippen LogP contribution is 2.34. The Labute approximate surface area is 155 Å². The van der Waals surface area contributed by atoms with Crippen LogP contribution >= 0.6 is 11.6 Å². The van der Waals surface area contributed by atoms with E-state index in [0.717, 1.165) is 31.6 Å². The number of nitrogens with one attached hydrogen (secondary N) is 2. The van der Waals surface area contributed by atoms with Gasteiger partial charge in [-0.1, -0.05) is 11.6 Å². The van der Waals surface area contributed by atoms with Crippen LogP contribution in [0.4, 0.5) is 30.5 Å². The van der Waals surface area contributed by atoms with E-state index in [2.05, 4.69) is 25.5 Å². The molecule has 0 fully saturated rings. The van der Waals surface area contributed by atoms with Gasteiger partial charge in [0.25, 0.3) is 0 Å². The second kappa shape index (κ2) is 8.55. The third-order valence-electron chi connectivity index (χ3n) is 3.48. The highest BCUT2D eigenvalue weighted by molar-refractivity contribution is 6.33. The number of nitrogens with zero attached hydrogens (tertiary/aromatic N) is 3. The molecule has 0 saturated carbocycles. The van der Waals surface area contributed by atoms with Crippen molar-refractivity contribution in [2.75, 3.05) is 37.8 Å². The minimum Gasteiger partial charge on any atom is -0.370 e. The number of alkyl halides is 3. The Balaban J connectivity index is 2.14. The van der Waals surface area contributed by atoms with Crippen molar-refractivity contribution < 1.29 is 13.2 Å². The van der Waals surface area contributed by atoms with Crippen molar-refractivity contribution in [3.8, 4) is 0 Å². The molecular weight excluding hydrogens is 367 g/mol. The molecule has 2 rings (SSSR count). The molecule has 2 aromatic rings. The lowest BCUT2D eigenvalue weighted by molar-refractivity contribution is -0.137. The molecule has 26 heavy (non-hydrogen) atoms. The van der Waals surface area contributed by atoms with E-state index in [4.69, 9.17) is 11.6 Å². The van der Waals surface area contributed by atoms with Crippen molar-refractivity contribution in [3.05, 3.63) is 40.7 Å². The lowest BCUT2D eigenvalue weighted by atomic mass is 10.2. The summed E-state index contributed by atoms with van der Waals surface area (Å²) >= 11 is 6.01. The highest BCUT2D eigenvalue weighted by atomic mass is 35.5. The van der Waals surface area contributed by atoms with Crippen LogP contribution in [0.2, 0.25) is 5.02 Å². The zero-order chi connectivity index (χ0) is 19.3. The van der Waals surface area contributed by atoms with Crippen LogP contribution in [0, 0.1) is 6.92 Å². The molecule has 142 valence electrons. The van der Waals surface area contributed by atoms with Gasteiger partial charge in [0.1, 0.15) is 17.5 Å². The van der Waals surface area contributed by atoms with Gasteiger partial charge in [0.15, 0.2) is 0 Å².